The molecule has 2 aliphatic rings. The number of sulfonamides is 1. The van der Waals surface area contributed by atoms with E-state index in [2.05, 4.69) is 15.3 Å². The number of rotatable bonds is 5. The standard InChI is InChI=1S/C21H27N5O3S/c27-20(17-8-6-13-25(16-17)21-22-11-7-12-23-21)24-18-9-2-3-10-19(18)30(28,29)26-14-4-1-5-15-26/h2-3,7,9-12,17H,1,4-6,8,13-16H2,(H,24,27). The molecule has 1 amide bonds. The second kappa shape index (κ2) is 9.09. The van der Waals surface area contributed by atoms with E-state index in [0.717, 1.165) is 38.6 Å². The van der Waals surface area contributed by atoms with Gasteiger partial charge in [-0.15, -0.1) is 0 Å². The molecule has 1 aromatic heterocycles. The topological polar surface area (TPSA) is 95.5 Å². The first-order valence-electron chi connectivity index (χ1n) is 10.5. The van der Waals surface area contributed by atoms with Gasteiger partial charge in [-0.2, -0.15) is 4.31 Å². The van der Waals surface area contributed by atoms with E-state index in [0.29, 0.717) is 31.3 Å². The maximum absolute atomic E-state index is 13.2. The molecule has 1 unspecified atom stereocenters. The molecule has 0 radical (unpaired) electrons. The molecular weight excluding hydrogens is 402 g/mol. The van der Waals surface area contributed by atoms with Crippen molar-refractivity contribution < 1.29 is 13.2 Å². The number of para-hydroxylation sites is 1. The van der Waals surface area contributed by atoms with Gasteiger partial charge in [0.15, 0.2) is 0 Å². The van der Waals surface area contributed by atoms with Crippen LogP contribution in [0, 0.1) is 5.92 Å². The minimum absolute atomic E-state index is 0.166. The van der Waals surface area contributed by atoms with E-state index >= 15 is 0 Å². The van der Waals surface area contributed by atoms with Crippen LogP contribution < -0.4 is 10.2 Å². The van der Waals surface area contributed by atoms with Crippen LogP contribution in [0.5, 0.6) is 0 Å². The predicted octanol–water partition coefficient (Wildman–Crippen LogP) is 2.51. The maximum Gasteiger partial charge on any atom is 0.245 e. The van der Waals surface area contributed by atoms with Crippen molar-refractivity contribution in [3.8, 4) is 0 Å². The van der Waals surface area contributed by atoms with Gasteiger partial charge in [0.25, 0.3) is 0 Å². The molecule has 0 spiro atoms. The Morgan fingerprint density at radius 3 is 2.47 bits per heavy atom. The molecule has 0 bridgehead atoms. The van der Waals surface area contributed by atoms with Gasteiger partial charge in [0, 0.05) is 38.6 Å². The van der Waals surface area contributed by atoms with Crippen molar-refractivity contribution in [3.05, 3.63) is 42.7 Å². The number of nitrogens with zero attached hydrogens (tertiary/aromatic N) is 4. The molecule has 8 nitrogen and oxygen atoms in total. The number of aromatic nitrogens is 2. The van der Waals surface area contributed by atoms with Gasteiger partial charge in [0.05, 0.1) is 11.6 Å². The molecule has 9 heteroatoms. The number of hydrogen-bond donors (Lipinski definition) is 1. The van der Waals surface area contributed by atoms with E-state index in [1.54, 1.807) is 42.7 Å². The Bertz CT molecular complexity index is 977. The van der Waals surface area contributed by atoms with Crippen molar-refractivity contribution in [2.45, 2.75) is 37.0 Å². The fourth-order valence-corrected chi connectivity index (χ4v) is 5.77. The van der Waals surface area contributed by atoms with E-state index in [1.165, 1.54) is 4.31 Å². The third kappa shape index (κ3) is 4.46. The van der Waals surface area contributed by atoms with E-state index in [-0.39, 0.29) is 16.7 Å². The second-order valence-electron chi connectivity index (χ2n) is 7.78. The summed E-state index contributed by atoms with van der Waals surface area (Å²) in [6.45, 7) is 2.36. The summed E-state index contributed by atoms with van der Waals surface area (Å²) >= 11 is 0. The van der Waals surface area contributed by atoms with Gasteiger partial charge < -0.3 is 10.2 Å². The summed E-state index contributed by atoms with van der Waals surface area (Å²) < 4.78 is 27.8. The fraction of sp³-hybridized carbons (Fsp3) is 0.476. The van der Waals surface area contributed by atoms with E-state index in [1.807, 2.05) is 4.90 Å². The number of piperidine rings is 2. The van der Waals surface area contributed by atoms with Gasteiger partial charge in [-0.25, -0.2) is 18.4 Å². The highest BCUT2D eigenvalue weighted by Crippen LogP contribution is 2.28. The number of carbonyl (C=O) groups is 1. The van der Waals surface area contributed by atoms with Gasteiger partial charge in [-0.05, 0) is 43.9 Å². The lowest BCUT2D eigenvalue weighted by molar-refractivity contribution is -0.120. The molecule has 1 N–H and O–H groups in total. The van der Waals surface area contributed by atoms with E-state index in [4.69, 9.17) is 0 Å². The Morgan fingerprint density at radius 1 is 0.967 bits per heavy atom. The zero-order valence-corrected chi connectivity index (χ0v) is 17.7. The number of carbonyl (C=O) groups excluding carboxylic acids is 1. The van der Waals surface area contributed by atoms with Crippen molar-refractivity contribution in [2.24, 2.45) is 5.92 Å². The zero-order chi connectivity index (χ0) is 21.0. The SMILES string of the molecule is O=C(Nc1ccccc1S(=O)(=O)N1CCCCC1)C1CCCN(c2ncccn2)C1. The number of benzene rings is 1. The normalized spacial score (nSPS) is 20.7. The van der Waals surface area contributed by atoms with E-state index < -0.39 is 10.0 Å². The number of hydrogen-bond acceptors (Lipinski definition) is 6. The number of amides is 1. The highest BCUT2D eigenvalue weighted by atomic mass is 32.2. The first-order chi connectivity index (χ1) is 14.6. The summed E-state index contributed by atoms with van der Waals surface area (Å²) in [6.07, 6.45) is 7.76. The predicted molar refractivity (Wildman–Crippen MR) is 115 cm³/mol. The van der Waals surface area contributed by atoms with Gasteiger partial charge in [0.1, 0.15) is 4.90 Å². The second-order valence-corrected chi connectivity index (χ2v) is 9.69. The molecule has 2 saturated heterocycles. The first-order valence-corrected chi connectivity index (χ1v) is 11.9. The largest absolute Gasteiger partial charge is 0.340 e. The Hall–Kier alpha value is -2.52. The minimum atomic E-state index is -3.63. The van der Waals surface area contributed by atoms with Crippen LogP contribution in [0.1, 0.15) is 32.1 Å². The van der Waals surface area contributed by atoms with Crippen LogP contribution in [0.25, 0.3) is 0 Å². The Labute approximate surface area is 177 Å². The third-order valence-electron chi connectivity index (χ3n) is 5.70. The van der Waals surface area contributed by atoms with Gasteiger partial charge >= 0.3 is 0 Å². The lowest BCUT2D eigenvalue weighted by Gasteiger charge is -2.32. The molecule has 30 heavy (non-hydrogen) atoms. The fourth-order valence-electron chi connectivity index (χ4n) is 4.10. The van der Waals surface area contributed by atoms with Crippen LogP contribution >= 0.6 is 0 Å². The molecule has 2 aliphatic heterocycles. The molecule has 4 rings (SSSR count). The molecule has 3 heterocycles. The van der Waals surface area contributed by atoms with Crippen molar-refractivity contribution in [1.82, 2.24) is 14.3 Å². The van der Waals surface area contributed by atoms with Crippen LogP contribution in [0.4, 0.5) is 11.6 Å². The minimum Gasteiger partial charge on any atom is -0.340 e. The highest BCUT2D eigenvalue weighted by Gasteiger charge is 2.31. The summed E-state index contributed by atoms with van der Waals surface area (Å²) in [5.74, 6) is 0.188. The van der Waals surface area contributed by atoms with Crippen molar-refractivity contribution in [3.63, 3.8) is 0 Å². The summed E-state index contributed by atoms with van der Waals surface area (Å²) in [6, 6.07) is 8.44. The van der Waals surface area contributed by atoms with Gasteiger partial charge in [-0.3, -0.25) is 4.79 Å². The van der Waals surface area contributed by atoms with Crippen molar-refractivity contribution in [2.75, 3.05) is 36.4 Å². The Morgan fingerprint density at radius 2 is 1.70 bits per heavy atom. The monoisotopic (exact) mass is 429 g/mol. The zero-order valence-electron chi connectivity index (χ0n) is 16.9. The summed E-state index contributed by atoms with van der Waals surface area (Å²) in [4.78, 5) is 23.7. The quantitative estimate of drug-likeness (QED) is 0.785. The van der Waals surface area contributed by atoms with Crippen LogP contribution in [0.2, 0.25) is 0 Å². The first kappa shape index (κ1) is 20.7. The average molecular weight is 430 g/mol. The van der Waals surface area contributed by atoms with E-state index in [9.17, 15) is 13.2 Å². The molecule has 0 saturated carbocycles. The summed E-state index contributed by atoms with van der Waals surface area (Å²) in [5, 5.41) is 2.89. The third-order valence-corrected chi connectivity index (χ3v) is 7.66. The maximum atomic E-state index is 13.2. The highest BCUT2D eigenvalue weighted by molar-refractivity contribution is 7.89. The number of anilines is 2. The van der Waals surface area contributed by atoms with Crippen molar-refractivity contribution >= 4 is 27.6 Å². The summed E-state index contributed by atoms with van der Waals surface area (Å²) in [7, 11) is -3.63. The number of nitrogens with one attached hydrogen (secondary N) is 1. The van der Waals surface area contributed by atoms with Gasteiger partial charge in [-0.1, -0.05) is 18.6 Å². The smallest absolute Gasteiger partial charge is 0.245 e. The molecule has 160 valence electrons. The van der Waals surface area contributed by atoms with Crippen molar-refractivity contribution in [1.29, 1.82) is 0 Å². The van der Waals surface area contributed by atoms with Crippen LogP contribution in [-0.4, -0.2) is 54.8 Å². The molecular formula is C21H27N5O3S. The Kier molecular flexibility index (Phi) is 6.29. The molecule has 1 atom stereocenters. The molecule has 0 aliphatic carbocycles. The lowest BCUT2D eigenvalue weighted by atomic mass is 9.97. The van der Waals surface area contributed by atoms with Gasteiger partial charge in [0.2, 0.25) is 21.9 Å². The Balaban J connectivity index is 1.50. The molecule has 2 fully saturated rings. The molecule has 2 aromatic rings. The molecule has 1 aromatic carbocycles. The van der Waals surface area contributed by atoms with Crippen LogP contribution in [0.15, 0.2) is 47.6 Å². The average Bonchev–Trinajstić information content (AvgIpc) is 2.80. The van der Waals surface area contributed by atoms with Crippen LogP contribution in [0.3, 0.4) is 0 Å². The summed E-state index contributed by atoms with van der Waals surface area (Å²) in [5.41, 5.74) is 0.348. The van der Waals surface area contributed by atoms with Crippen LogP contribution in [-0.2, 0) is 14.8 Å². The lowest BCUT2D eigenvalue weighted by Crippen LogP contribution is -2.41.